The van der Waals surface area contributed by atoms with Crippen LogP contribution in [0.4, 0.5) is 11.4 Å². The van der Waals surface area contributed by atoms with Gasteiger partial charge in [0.25, 0.3) is 0 Å². The Labute approximate surface area is 92.6 Å². The first-order chi connectivity index (χ1) is 7.11. The van der Waals surface area contributed by atoms with Crippen LogP contribution in [0.25, 0.3) is 0 Å². The number of allylic oxidation sites excluding steroid dienone is 1. The van der Waals surface area contributed by atoms with Crippen molar-refractivity contribution >= 4 is 11.4 Å². The number of hydrogen-bond acceptors (Lipinski definition) is 2. The highest BCUT2D eigenvalue weighted by atomic mass is 15.1. The Morgan fingerprint density at radius 2 is 1.93 bits per heavy atom. The van der Waals surface area contributed by atoms with Crippen LogP contribution in [0.1, 0.15) is 13.8 Å². The van der Waals surface area contributed by atoms with E-state index in [1.54, 1.807) is 0 Å². The van der Waals surface area contributed by atoms with E-state index in [2.05, 4.69) is 68.5 Å². The maximum atomic E-state index is 3.41. The molecule has 1 aromatic carbocycles. The second kappa shape index (κ2) is 5.44. The fourth-order valence-electron chi connectivity index (χ4n) is 1.38. The zero-order valence-corrected chi connectivity index (χ0v) is 10.0. The zero-order valence-electron chi connectivity index (χ0n) is 10.0. The van der Waals surface area contributed by atoms with Gasteiger partial charge in [-0.25, -0.2) is 0 Å². The molecule has 0 saturated carbocycles. The summed E-state index contributed by atoms with van der Waals surface area (Å²) in [5.74, 6) is 0. The lowest BCUT2D eigenvalue weighted by Crippen LogP contribution is -2.12. The van der Waals surface area contributed by atoms with Gasteiger partial charge < -0.3 is 10.2 Å². The summed E-state index contributed by atoms with van der Waals surface area (Å²) >= 11 is 0. The molecule has 0 unspecified atom stereocenters. The molecule has 15 heavy (non-hydrogen) atoms. The Hall–Kier alpha value is -1.44. The van der Waals surface area contributed by atoms with Gasteiger partial charge in [-0.1, -0.05) is 23.8 Å². The molecule has 0 heterocycles. The van der Waals surface area contributed by atoms with Crippen LogP contribution in [-0.2, 0) is 0 Å². The lowest BCUT2D eigenvalue weighted by atomic mass is 10.2. The van der Waals surface area contributed by atoms with Gasteiger partial charge in [-0.2, -0.15) is 0 Å². The summed E-state index contributed by atoms with van der Waals surface area (Å²) in [6.45, 7) is 5.10. The summed E-state index contributed by atoms with van der Waals surface area (Å²) in [5, 5.41) is 3.41. The van der Waals surface area contributed by atoms with Gasteiger partial charge in [-0.15, -0.1) is 0 Å². The topological polar surface area (TPSA) is 15.3 Å². The predicted octanol–water partition coefficient (Wildman–Crippen LogP) is 3.13. The molecule has 0 aliphatic carbocycles. The van der Waals surface area contributed by atoms with Crippen LogP contribution in [0.15, 0.2) is 35.9 Å². The van der Waals surface area contributed by atoms with Gasteiger partial charge in [0.2, 0.25) is 0 Å². The van der Waals surface area contributed by atoms with Crippen molar-refractivity contribution in [1.82, 2.24) is 0 Å². The average molecular weight is 204 g/mol. The number of hydrogen-bond donors (Lipinski definition) is 1. The van der Waals surface area contributed by atoms with Crippen molar-refractivity contribution in [2.45, 2.75) is 13.8 Å². The van der Waals surface area contributed by atoms with Crippen LogP contribution in [0.2, 0.25) is 0 Å². The standard InChI is InChI=1S/C13H20N2/c1-11(2)9-10-14-12-7-5-6-8-13(12)15(3)4/h5-9,14H,10H2,1-4H3. The SMILES string of the molecule is CC(C)=CCNc1ccccc1N(C)C. The molecule has 0 atom stereocenters. The third kappa shape index (κ3) is 3.66. The molecular formula is C13H20N2. The van der Waals surface area contributed by atoms with E-state index in [1.165, 1.54) is 16.9 Å². The minimum absolute atomic E-state index is 0.882. The van der Waals surface area contributed by atoms with Crippen LogP contribution >= 0.6 is 0 Å². The number of rotatable bonds is 4. The van der Waals surface area contributed by atoms with Crippen molar-refractivity contribution in [3.8, 4) is 0 Å². The van der Waals surface area contributed by atoms with E-state index in [4.69, 9.17) is 0 Å². The van der Waals surface area contributed by atoms with E-state index in [0.717, 1.165) is 6.54 Å². The molecular weight excluding hydrogens is 184 g/mol. The molecule has 0 aliphatic heterocycles. The number of benzene rings is 1. The Bertz CT molecular complexity index is 336. The van der Waals surface area contributed by atoms with Gasteiger partial charge in [0.15, 0.2) is 0 Å². The third-order valence-corrected chi connectivity index (χ3v) is 2.19. The quantitative estimate of drug-likeness (QED) is 0.758. The largest absolute Gasteiger partial charge is 0.380 e. The molecule has 2 nitrogen and oxygen atoms in total. The number of para-hydroxylation sites is 2. The molecule has 0 amide bonds. The highest BCUT2D eigenvalue weighted by Crippen LogP contribution is 2.22. The highest BCUT2D eigenvalue weighted by Gasteiger charge is 2.00. The van der Waals surface area contributed by atoms with E-state index >= 15 is 0 Å². The molecule has 0 aromatic heterocycles. The van der Waals surface area contributed by atoms with E-state index < -0.39 is 0 Å². The van der Waals surface area contributed by atoms with Gasteiger partial charge in [-0.3, -0.25) is 0 Å². The van der Waals surface area contributed by atoms with Crippen molar-refractivity contribution in [2.24, 2.45) is 0 Å². The van der Waals surface area contributed by atoms with Crippen LogP contribution in [0.5, 0.6) is 0 Å². The fourth-order valence-corrected chi connectivity index (χ4v) is 1.38. The second-order valence-corrected chi connectivity index (χ2v) is 4.07. The Kier molecular flexibility index (Phi) is 4.22. The Morgan fingerprint density at radius 1 is 1.27 bits per heavy atom. The minimum atomic E-state index is 0.882. The monoisotopic (exact) mass is 204 g/mol. The van der Waals surface area contributed by atoms with Crippen molar-refractivity contribution in [3.05, 3.63) is 35.9 Å². The first-order valence-electron chi connectivity index (χ1n) is 5.25. The number of nitrogens with zero attached hydrogens (tertiary/aromatic N) is 1. The maximum Gasteiger partial charge on any atom is 0.0596 e. The molecule has 0 saturated heterocycles. The van der Waals surface area contributed by atoms with Gasteiger partial charge in [0, 0.05) is 20.6 Å². The summed E-state index contributed by atoms with van der Waals surface area (Å²) in [6.07, 6.45) is 2.19. The van der Waals surface area contributed by atoms with Gasteiger partial charge in [0.05, 0.1) is 11.4 Å². The lowest BCUT2D eigenvalue weighted by molar-refractivity contribution is 1.12. The number of nitrogens with one attached hydrogen (secondary N) is 1. The Morgan fingerprint density at radius 3 is 2.53 bits per heavy atom. The van der Waals surface area contributed by atoms with Crippen molar-refractivity contribution < 1.29 is 0 Å². The molecule has 1 rings (SSSR count). The summed E-state index contributed by atoms with van der Waals surface area (Å²) in [6, 6.07) is 8.33. The molecule has 0 bridgehead atoms. The van der Waals surface area contributed by atoms with Crippen LogP contribution < -0.4 is 10.2 Å². The minimum Gasteiger partial charge on any atom is -0.380 e. The average Bonchev–Trinajstić information content (AvgIpc) is 2.17. The van der Waals surface area contributed by atoms with Crippen molar-refractivity contribution in [3.63, 3.8) is 0 Å². The van der Waals surface area contributed by atoms with Gasteiger partial charge in [0.1, 0.15) is 0 Å². The molecule has 0 radical (unpaired) electrons. The molecule has 82 valence electrons. The predicted molar refractivity (Wildman–Crippen MR) is 68.7 cm³/mol. The first kappa shape index (κ1) is 11.6. The highest BCUT2D eigenvalue weighted by molar-refractivity contribution is 5.69. The normalized spacial score (nSPS) is 9.60. The first-order valence-corrected chi connectivity index (χ1v) is 5.25. The summed E-state index contributed by atoms with van der Waals surface area (Å²) in [4.78, 5) is 2.12. The van der Waals surface area contributed by atoms with E-state index in [1.807, 2.05) is 0 Å². The van der Waals surface area contributed by atoms with E-state index in [0.29, 0.717) is 0 Å². The lowest BCUT2D eigenvalue weighted by Gasteiger charge is -2.17. The van der Waals surface area contributed by atoms with E-state index in [-0.39, 0.29) is 0 Å². The third-order valence-electron chi connectivity index (χ3n) is 2.19. The molecule has 1 N–H and O–H groups in total. The molecule has 2 heteroatoms. The van der Waals surface area contributed by atoms with Crippen molar-refractivity contribution in [1.29, 1.82) is 0 Å². The molecule has 1 aromatic rings. The molecule has 0 spiro atoms. The Balaban J connectivity index is 2.72. The summed E-state index contributed by atoms with van der Waals surface area (Å²) < 4.78 is 0. The summed E-state index contributed by atoms with van der Waals surface area (Å²) in [7, 11) is 4.11. The zero-order chi connectivity index (χ0) is 11.3. The van der Waals surface area contributed by atoms with Crippen LogP contribution in [0, 0.1) is 0 Å². The summed E-state index contributed by atoms with van der Waals surface area (Å²) in [5.41, 5.74) is 3.74. The molecule has 0 aliphatic rings. The second-order valence-electron chi connectivity index (χ2n) is 4.07. The van der Waals surface area contributed by atoms with Crippen LogP contribution in [-0.4, -0.2) is 20.6 Å². The van der Waals surface area contributed by atoms with Crippen molar-refractivity contribution in [2.75, 3.05) is 30.9 Å². The fraction of sp³-hybridized carbons (Fsp3) is 0.385. The van der Waals surface area contributed by atoms with Crippen LogP contribution in [0.3, 0.4) is 0 Å². The maximum absolute atomic E-state index is 3.41. The number of anilines is 2. The van der Waals surface area contributed by atoms with Gasteiger partial charge >= 0.3 is 0 Å². The smallest absolute Gasteiger partial charge is 0.0596 e. The van der Waals surface area contributed by atoms with Gasteiger partial charge in [-0.05, 0) is 26.0 Å². The van der Waals surface area contributed by atoms with E-state index in [9.17, 15) is 0 Å². The molecule has 0 fully saturated rings.